The van der Waals surface area contributed by atoms with Crippen LogP contribution in [0.5, 0.6) is 0 Å². The zero-order chi connectivity index (χ0) is 17.8. The average molecular weight is 354 g/mol. The zero-order valence-electron chi connectivity index (χ0n) is 14.4. The first-order chi connectivity index (χ1) is 12.1. The Morgan fingerprint density at radius 1 is 1.40 bits per heavy atom. The number of thiazole rings is 1. The number of aromatic nitrogens is 1. The maximum absolute atomic E-state index is 13.1. The van der Waals surface area contributed by atoms with Crippen molar-refractivity contribution in [1.29, 1.82) is 0 Å². The number of rotatable bonds is 5. The van der Waals surface area contributed by atoms with E-state index >= 15 is 0 Å². The summed E-state index contributed by atoms with van der Waals surface area (Å²) in [5, 5.41) is 2.66. The number of carbonyl (C=O) groups excluding carboxylic acids is 2. The van der Waals surface area contributed by atoms with Crippen molar-refractivity contribution >= 4 is 28.2 Å². The van der Waals surface area contributed by atoms with Crippen LogP contribution < -0.4 is 4.90 Å². The van der Waals surface area contributed by atoms with E-state index in [-0.39, 0.29) is 23.5 Å². The van der Waals surface area contributed by atoms with Crippen LogP contribution in [0.2, 0.25) is 0 Å². The van der Waals surface area contributed by atoms with Crippen LogP contribution in [0, 0.1) is 11.8 Å². The van der Waals surface area contributed by atoms with E-state index in [1.807, 2.05) is 42.6 Å². The van der Waals surface area contributed by atoms with Crippen LogP contribution in [-0.4, -0.2) is 23.2 Å². The second kappa shape index (κ2) is 7.74. The third kappa shape index (κ3) is 3.87. The van der Waals surface area contributed by atoms with Crippen LogP contribution in [0.25, 0.3) is 11.3 Å². The van der Waals surface area contributed by atoms with Crippen molar-refractivity contribution in [3.8, 4) is 11.3 Å². The Hall–Kier alpha value is -2.27. The first kappa shape index (κ1) is 17.5. The molecule has 1 aromatic heterocycles. The fourth-order valence-corrected chi connectivity index (χ4v) is 4.14. The smallest absolute Gasteiger partial charge is 0.232 e. The van der Waals surface area contributed by atoms with Gasteiger partial charge in [0.2, 0.25) is 5.91 Å². The second-order valence-corrected chi connectivity index (χ2v) is 7.32. The summed E-state index contributed by atoms with van der Waals surface area (Å²) in [6, 6.07) is 9.93. The Kier molecular flexibility index (Phi) is 5.43. The number of Topliss-reactive ketones (excluding diaryl/α,β-unsaturated/α-hetero) is 1. The summed E-state index contributed by atoms with van der Waals surface area (Å²) in [6.07, 6.45) is 3.34. The first-order valence-corrected chi connectivity index (χ1v) is 9.43. The van der Waals surface area contributed by atoms with E-state index in [0.29, 0.717) is 30.9 Å². The molecule has 1 aromatic carbocycles. The molecule has 2 aromatic rings. The molecule has 1 amide bonds. The van der Waals surface area contributed by atoms with Crippen molar-refractivity contribution in [2.75, 3.05) is 11.4 Å². The molecule has 0 bridgehead atoms. The lowest BCUT2D eigenvalue weighted by Gasteiger charge is -2.31. The van der Waals surface area contributed by atoms with Gasteiger partial charge >= 0.3 is 0 Å². The molecule has 1 aliphatic carbocycles. The monoisotopic (exact) mass is 354 g/mol. The van der Waals surface area contributed by atoms with Crippen LogP contribution in [0.1, 0.15) is 26.2 Å². The molecule has 1 fully saturated rings. The minimum Gasteiger partial charge on any atom is -0.300 e. The molecule has 4 nitrogen and oxygen atoms in total. The SMILES string of the molecule is C=CCN(C(=O)[C@H]1CCC(=O)C[C@@H]1C)c1nc(-c2ccccc2)cs1. The number of hydrogen-bond acceptors (Lipinski definition) is 4. The Morgan fingerprint density at radius 2 is 2.16 bits per heavy atom. The van der Waals surface area contributed by atoms with Crippen molar-refractivity contribution in [2.24, 2.45) is 11.8 Å². The van der Waals surface area contributed by atoms with Crippen LogP contribution in [0.15, 0.2) is 48.4 Å². The predicted molar refractivity (Wildman–Crippen MR) is 102 cm³/mol. The number of amides is 1. The van der Waals surface area contributed by atoms with E-state index in [1.54, 1.807) is 11.0 Å². The number of ketones is 1. The highest BCUT2D eigenvalue weighted by atomic mass is 32.1. The Bertz CT molecular complexity index is 769. The van der Waals surface area contributed by atoms with Crippen molar-refractivity contribution in [1.82, 2.24) is 4.98 Å². The summed E-state index contributed by atoms with van der Waals surface area (Å²) in [6.45, 7) is 6.20. The molecule has 1 heterocycles. The fraction of sp³-hybridized carbons (Fsp3) is 0.350. The molecule has 3 rings (SSSR count). The highest BCUT2D eigenvalue weighted by Gasteiger charge is 2.35. The van der Waals surface area contributed by atoms with Gasteiger partial charge in [0, 0.05) is 36.2 Å². The molecule has 130 valence electrons. The van der Waals surface area contributed by atoms with E-state index in [2.05, 4.69) is 11.6 Å². The summed E-state index contributed by atoms with van der Waals surface area (Å²) < 4.78 is 0. The van der Waals surface area contributed by atoms with Gasteiger partial charge in [-0.2, -0.15) is 0 Å². The Morgan fingerprint density at radius 3 is 2.84 bits per heavy atom. The normalized spacial score (nSPS) is 20.3. The highest BCUT2D eigenvalue weighted by molar-refractivity contribution is 7.14. The van der Waals surface area contributed by atoms with Gasteiger partial charge in [0.15, 0.2) is 5.13 Å². The lowest BCUT2D eigenvalue weighted by Crippen LogP contribution is -2.41. The van der Waals surface area contributed by atoms with Crippen molar-refractivity contribution < 1.29 is 9.59 Å². The molecule has 1 aliphatic rings. The van der Waals surface area contributed by atoms with Crippen molar-refractivity contribution in [3.63, 3.8) is 0 Å². The third-order valence-electron chi connectivity index (χ3n) is 4.66. The summed E-state index contributed by atoms with van der Waals surface area (Å²) in [5.74, 6) is 0.262. The van der Waals surface area contributed by atoms with E-state index in [4.69, 9.17) is 0 Å². The lowest BCUT2D eigenvalue weighted by molar-refractivity contribution is -0.129. The number of nitrogens with zero attached hydrogens (tertiary/aromatic N) is 2. The molecular formula is C20H22N2O2S. The molecule has 5 heteroatoms. The number of anilines is 1. The van der Waals surface area contributed by atoms with E-state index < -0.39 is 0 Å². The fourth-order valence-electron chi connectivity index (χ4n) is 3.29. The quantitative estimate of drug-likeness (QED) is 0.751. The summed E-state index contributed by atoms with van der Waals surface area (Å²) in [4.78, 5) is 31.1. The molecule has 2 atom stereocenters. The Balaban J connectivity index is 1.84. The molecule has 0 N–H and O–H groups in total. The lowest BCUT2D eigenvalue weighted by atomic mass is 9.79. The van der Waals surface area contributed by atoms with Crippen molar-refractivity contribution in [3.05, 3.63) is 48.4 Å². The topological polar surface area (TPSA) is 50.3 Å². The largest absolute Gasteiger partial charge is 0.300 e. The maximum atomic E-state index is 13.1. The van der Waals surface area contributed by atoms with Crippen molar-refractivity contribution in [2.45, 2.75) is 26.2 Å². The van der Waals surface area contributed by atoms with Gasteiger partial charge in [-0.25, -0.2) is 4.98 Å². The molecular weight excluding hydrogens is 332 g/mol. The minimum atomic E-state index is -0.123. The summed E-state index contributed by atoms with van der Waals surface area (Å²) in [5.41, 5.74) is 1.90. The van der Waals surface area contributed by atoms with Gasteiger partial charge in [0.1, 0.15) is 5.78 Å². The molecule has 0 spiro atoms. The first-order valence-electron chi connectivity index (χ1n) is 8.55. The second-order valence-electron chi connectivity index (χ2n) is 6.48. The number of carbonyl (C=O) groups is 2. The molecule has 0 unspecified atom stereocenters. The van der Waals surface area contributed by atoms with Gasteiger partial charge in [-0.3, -0.25) is 14.5 Å². The standard InChI is InChI=1S/C20H22N2O2S/c1-3-11-22(19(24)17-10-9-16(23)12-14(17)2)20-21-18(13-25-20)15-7-5-4-6-8-15/h3-8,13-14,17H,1,9-12H2,2H3/t14-,17-/m0/s1. The summed E-state index contributed by atoms with van der Waals surface area (Å²) in [7, 11) is 0. The van der Waals surface area contributed by atoms with Gasteiger partial charge in [0.25, 0.3) is 0 Å². The molecule has 0 radical (unpaired) electrons. The molecule has 25 heavy (non-hydrogen) atoms. The zero-order valence-corrected chi connectivity index (χ0v) is 15.2. The molecule has 0 aliphatic heterocycles. The van der Waals surface area contributed by atoms with Gasteiger partial charge < -0.3 is 0 Å². The van der Waals surface area contributed by atoms with Crippen LogP contribution >= 0.6 is 11.3 Å². The van der Waals surface area contributed by atoms with Gasteiger partial charge in [-0.05, 0) is 12.3 Å². The highest BCUT2D eigenvalue weighted by Crippen LogP contribution is 2.33. The van der Waals surface area contributed by atoms with Crippen LogP contribution in [0.4, 0.5) is 5.13 Å². The van der Waals surface area contributed by atoms with Gasteiger partial charge in [-0.15, -0.1) is 17.9 Å². The minimum absolute atomic E-state index is 0.0499. The van der Waals surface area contributed by atoms with Crippen LogP contribution in [0.3, 0.4) is 0 Å². The maximum Gasteiger partial charge on any atom is 0.232 e. The summed E-state index contributed by atoms with van der Waals surface area (Å²) >= 11 is 1.47. The third-order valence-corrected chi connectivity index (χ3v) is 5.52. The average Bonchev–Trinajstić information content (AvgIpc) is 3.09. The Labute approximate surface area is 152 Å². The number of benzene rings is 1. The van der Waals surface area contributed by atoms with E-state index in [9.17, 15) is 9.59 Å². The molecule has 0 saturated heterocycles. The van der Waals surface area contributed by atoms with E-state index in [1.165, 1.54) is 11.3 Å². The predicted octanol–water partition coefficient (Wildman–Crippen LogP) is 4.33. The number of hydrogen-bond donors (Lipinski definition) is 0. The van der Waals surface area contributed by atoms with Gasteiger partial charge in [-0.1, -0.05) is 43.3 Å². The molecule has 1 saturated carbocycles. The van der Waals surface area contributed by atoms with Gasteiger partial charge in [0.05, 0.1) is 5.69 Å². The van der Waals surface area contributed by atoms with Crippen LogP contribution in [-0.2, 0) is 9.59 Å². The van der Waals surface area contributed by atoms with E-state index in [0.717, 1.165) is 11.3 Å².